The van der Waals surface area contributed by atoms with Gasteiger partial charge in [0.05, 0.1) is 13.7 Å². The Balaban J connectivity index is 1.86. The second-order valence-electron chi connectivity index (χ2n) is 7.15. The van der Waals surface area contributed by atoms with Gasteiger partial charge in [-0.3, -0.25) is 4.79 Å². The summed E-state index contributed by atoms with van der Waals surface area (Å²) in [6.07, 6.45) is 1.39. The van der Waals surface area contributed by atoms with Gasteiger partial charge in [0.2, 0.25) is 0 Å². The summed E-state index contributed by atoms with van der Waals surface area (Å²) in [7, 11) is 3.24. The van der Waals surface area contributed by atoms with Gasteiger partial charge in [-0.2, -0.15) is 0 Å². The maximum Gasteiger partial charge on any atom is 0.253 e. The van der Waals surface area contributed by atoms with E-state index in [2.05, 4.69) is 6.92 Å². The molecule has 6 heteroatoms. The molecule has 144 valence electrons. The molecule has 1 heterocycles. The maximum atomic E-state index is 12.6. The van der Waals surface area contributed by atoms with Crippen LogP contribution < -0.4 is 9.47 Å². The number of hydrogen-bond donors (Lipinski definition) is 1. The summed E-state index contributed by atoms with van der Waals surface area (Å²) in [6, 6.07) is 11.3. The first-order valence-electron chi connectivity index (χ1n) is 8.86. The summed E-state index contributed by atoms with van der Waals surface area (Å²) in [4.78, 5) is 14.1. The van der Waals surface area contributed by atoms with Crippen molar-refractivity contribution in [1.82, 2.24) is 4.90 Å². The molecule has 0 aliphatic carbocycles. The number of hydrogen-bond acceptors (Lipinski definition) is 4. The molecule has 1 N–H and O–H groups in total. The van der Waals surface area contributed by atoms with E-state index in [0.29, 0.717) is 28.5 Å². The van der Waals surface area contributed by atoms with Crippen molar-refractivity contribution < 1.29 is 19.4 Å². The highest BCUT2D eigenvalue weighted by Gasteiger charge is 2.37. The number of methoxy groups -OCH3 is 1. The number of ether oxygens (including phenoxy) is 2. The molecule has 3 rings (SSSR count). The first-order valence-corrected chi connectivity index (χ1v) is 9.24. The van der Waals surface area contributed by atoms with Gasteiger partial charge in [0.25, 0.3) is 5.91 Å². The van der Waals surface area contributed by atoms with Gasteiger partial charge in [-0.25, -0.2) is 0 Å². The molecule has 0 aromatic heterocycles. The summed E-state index contributed by atoms with van der Waals surface area (Å²) in [6.45, 7) is 2.26. The zero-order valence-corrected chi connectivity index (χ0v) is 16.5. The fraction of sp³-hybridized carbons (Fsp3) is 0.381. The molecule has 27 heavy (non-hydrogen) atoms. The largest absolute Gasteiger partial charge is 0.493 e. The fourth-order valence-corrected chi connectivity index (χ4v) is 3.60. The Morgan fingerprint density at radius 3 is 2.67 bits per heavy atom. The van der Waals surface area contributed by atoms with Crippen molar-refractivity contribution in [3.63, 3.8) is 0 Å². The van der Waals surface area contributed by atoms with Crippen molar-refractivity contribution in [2.75, 3.05) is 27.3 Å². The molecule has 0 spiro atoms. The lowest BCUT2D eigenvalue weighted by molar-refractivity contribution is 0.0766. The summed E-state index contributed by atoms with van der Waals surface area (Å²) in [5.41, 5.74) is 2.18. The molecule has 1 atom stereocenters. The monoisotopic (exact) mass is 389 g/mol. The van der Waals surface area contributed by atoms with Crippen molar-refractivity contribution in [2.45, 2.75) is 25.4 Å². The van der Waals surface area contributed by atoms with Gasteiger partial charge in [0.15, 0.2) is 11.5 Å². The molecule has 0 fully saturated rings. The zero-order valence-electron chi connectivity index (χ0n) is 15.8. The van der Waals surface area contributed by atoms with Gasteiger partial charge in [-0.1, -0.05) is 23.7 Å². The van der Waals surface area contributed by atoms with Gasteiger partial charge >= 0.3 is 0 Å². The minimum atomic E-state index is -0.428. The zero-order chi connectivity index (χ0) is 19.6. The number of aliphatic hydroxyl groups is 1. The van der Waals surface area contributed by atoms with Crippen LogP contribution in [0.5, 0.6) is 11.5 Å². The summed E-state index contributed by atoms with van der Waals surface area (Å²) in [5.74, 6) is 1.08. The Labute approximate surface area is 164 Å². The third kappa shape index (κ3) is 4.20. The van der Waals surface area contributed by atoms with Crippen LogP contribution in [0.15, 0.2) is 36.4 Å². The lowest BCUT2D eigenvalue weighted by atomic mass is 9.91. The number of benzene rings is 2. The highest BCUT2D eigenvalue weighted by Crippen LogP contribution is 2.44. The van der Waals surface area contributed by atoms with Crippen LogP contribution in [0.4, 0.5) is 0 Å². The van der Waals surface area contributed by atoms with Crippen LogP contribution in [0.1, 0.15) is 28.4 Å². The maximum absolute atomic E-state index is 12.6. The number of amides is 1. The fourth-order valence-electron chi connectivity index (χ4n) is 3.47. The van der Waals surface area contributed by atoms with Gasteiger partial charge in [-0.15, -0.1) is 0 Å². The number of halogens is 1. The van der Waals surface area contributed by atoms with E-state index < -0.39 is 5.60 Å². The first-order chi connectivity index (χ1) is 12.8. The van der Waals surface area contributed by atoms with Crippen LogP contribution in [0.2, 0.25) is 5.02 Å². The molecule has 2 aromatic rings. The second kappa shape index (κ2) is 7.79. The van der Waals surface area contributed by atoms with Gasteiger partial charge in [0.1, 0.15) is 5.60 Å². The highest BCUT2D eigenvalue weighted by molar-refractivity contribution is 6.30. The van der Waals surface area contributed by atoms with Crippen molar-refractivity contribution in [1.29, 1.82) is 0 Å². The second-order valence-corrected chi connectivity index (χ2v) is 7.59. The van der Waals surface area contributed by atoms with Gasteiger partial charge in [-0.05, 0) is 36.8 Å². The Morgan fingerprint density at radius 1 is 1.33 bits per heavy atom. The number of carbonyl (C=O) groups is 1. The summed E-state index contributed by atoms with van der Waals surface area (Å²) < 4.78 is 11.8. The Hall–Kier alpha value is -2.24. The smallest absolute Gasteiger partial charge is 0.253 e. The van der Waals surface area contributed by atoms with E-state index in [4.69, 9.17) is 26.2 Å². The van der Waals surface area contributed by atoms with E-state index in [1.54, 1.807) is 20.2 Å². The number of carbonyl (C=O) groups excluding carboxylic acids is 1. The number of likely N-dealkylation sites (N-methyl/N-ethyl adjacent to an activating group) is 1. The van der Waals surface area contributed by atoms with Crippen LogP contribution in [0, 0.1) is 0 Å². The van der Waals surface area contributed by atoms with E-state index in [1.165, 1.54) is 4.90 Å². The van der Waals surface area contributed by atoms with E-state index in [-0.39, 0.29) is 19.1 Å². The Morgan fingerprint density at radius 2 is 2.04 bits per heavy atom. The molecule has 1 aliphatic heterocycles. The molecule has 0 saturated carbocycles. The van der Waals surface area contributed by atoms with Gasteiger partial charge < -0.3 is 19.5 Å². The molecule has 1 aliphatic rings. The first kappa shape index (κ1) is 19.5. The molecular weight excluding hydrogens is 366 g/mol. The van der Waals surface area contributed by atoms with Crippen LogP contribution >= 0.6 is 11.6 Å². The van der Waals surface area contributed by atoms with Crippen molar-refractivity contribution >= 4 is 17.5 Å². The lowest BCUT2D eigenvalue weighted by Gasteiger charge is -2.24. The molecule has 0 radical (unpaired) electrons. The normalized spacial score (nSPS) is 18.0. The predicted octanol–water partition coefficient (Wildman–Crippen LogP) is 3.35. The topological polar surface area (TPSA) is 59.0 Å². The third-order valence-electron chi connectivity index (χ3n) is 4.78. The summed E-state index contributed by atoms with van der Waals surface area (Å²) >= 11 is 5.97. The molecule has 2 aromatic carbocycles. The lowest BCUT2D eigenvalue weighted by Crippen LogP contribution is -2.32. The Kier molecular flexibility index (Phi) is 5.63. The van der Waals surface area contributed by atoms with Gasteiger partial charge in [0, 0.05) is 42.6 Å². The van der Waals surface area contributed by atoms with E-state index in [1.807, 2.05) is 30.3 Å². The predicted molar refractivity (Wildman–Crippen MR) is 105 cm³/mol. The highest BCUT2D eigenvalue weighted by atomic mass is 35.5. The average molecular weight is 390 g/mol. The van der Waals surface area contributed by atoms with Crippen LogP contribution in [-0.2, 0) is 12.8 Å². The van der Waals surface area contributed by atoms with E-state index in [9.17, 15) is 4.79 Å². The number of rotatable bonds is 6. The van der Waals surface area contributed by atoms with Crippen molar-refractivity contribution in [3.05, 3.63) is 58.1 Å². The molecule has 0 saturated heterocycles. The minimum absolute atomic E-state index is 0.0768. The van der Waals surface area contributed by atoms with E-state index in [0.717, 1.165) is 17.5 Å². The molecule has 5 nitrogen and oxygen atoms in total. The van der Waals surface area contributed by atoms with Crippen LogP contribution in [0.3, 0.4) is 0 Å². The molecule has 1 amide bonds. The number of nitrogens with zero attached hydrogens (tertiary/aromatic N) is 1. The standard InChI is InChI=1S/C21H24ClNO4/c1-21(12-14-4-6-17(22)7-5-14)13-16-10-15(20(25)23(2)8-9-24)11-18(26-3)19(16)27-21/h4-7,10-11,24H,8-9,12-13H2,1-3H3. The third-order valence-corrected chi connectivity index (χ3v) is 5.04. The Bertz CT molecular complexity index is 837. The SMILES string of the molecule is COc1cc(C(=O)N(C)CCO)cc2c1OC(C)(Cc1ccc(Cl)cc1)C2. The van der Waals surface area contributed by atoms with E-state index >= 15 is 0 Å². The number of aliphatic hydroxyl groups excluding tert-OH is 1. The minimum Gasteiger partial charge on any atom is -0.493 e. The molecular formula is C21H24ClNO4. The van der Waals surface area contributed by atoms with Crippen LogP contribution in [-0.4, -0.2) is 48.8 Å². The number of fused-ring (bicyclic) bond motifs is 1. The molecule has 1 unspecified atom stereocenters. The van der Waals surface area contributed by atoms with Crippen LogP contribution in [0.25, 0.3) is 0 Å². The quantitative estimate of drug-likeness (QED) is 0.823. The average Bonchev–Trinajstić information content (AvgIpc) is 2.98. The molecule has 0 bridgehead atoms. The summed E-state index contributed by atoms with van der Waals surface area (Å²) in [5, 5.41) is 9.77. The van der Waals surface area contributed by atoms with Crippen molar-refractivity contribution in [3.8, 4) is 11.5 Å². The van der Waals surface area contributed by atoms with Crippen molar-refractivity contribution in [2.24, 2.45) is 0 Å².